The van der Waals surface area contributed by atoms with Crippen LogP contribution in [0.1, 0.15) is 79.7 Å². The normalized spacial score (nSPS) is 14.8. The van der Waals surface area contributed by atoms with Crippen molar-refractivity contribution < 1.29 is 9.53 Å². The van der Waals surface area contributed by atoms with E-state index in [1.807, 2.05) is 50.6 Å². The van der Waals surface area contributed by atoms with E-state index in [0.717, 1.165) is 57.1 Å². The lowest BCUT2D eigenvalue weighted by atomic mass is 9.87. The van der Waals surface area contributed by atoms with E-state index in [9.17, 15) is 4.79 Å². The minimum Gasteiger partial charge on any atom is -0.360 e. The number of ether oxygens (including phenoxy) is 1. The van der Waals surface area contributed by atoms with E-state index in [1.54, 1.807) is 6.92 Å². The van der Waals surface area contributed by atoms with E-state index in [0.29, 0.717) is 0 Å². The molecule has 0 N–H and O–H groups in total. The van der Waals surface area contributed by atoms with E-state index >= 15 is 0 Å². The van der Waals surface area contributed by atoms with E-state index in [-0.39, 0.29) is 5.78 Å². The smallest absolute Gasteiger partial charge is 0.163 e. The molecule has 0 spiro atoms. The van der Waals surface area contributed by atoms with Crippen LogP contribution in [0.25, 0.3) is 27.0 Å². The molecule has 6 heteroatoms. The molecule has 0 radical (unpaired) electrons. The van der Waals surface area contributed by atoms with Crippen LogP contribution in [0.15, 0.2) is 30.3 Å². The summed E-state index contributed by atoms with van der Waals surface area (Å²) in [5, 5.41) is 5.92. The van der Waals surface area contributed by atoms with E-state index in [4.69, 9.17) is 14.8 Å². The number of hydrogen-bond acceptors (Lipinski definition) is 5. The lowest BCUT2D eigenvalue weighted by molar-refractivity contribution is -0.138. The second-order valence-corrected chi connectivity index (χ2v) is 12.1. The average molecular weight is 502 g/mol. The first kappa shape index (κ1) is 24.8. The topological polar surface area (TPSA) is 57.0 Å². The van der Waals surface area contributed by atoms with Crippen LogP contribution in [-0.4, -0.2) is 26.1 Å². The van der Waals surface area contributed by atoms with Crippen LogP contribution in [0.4, 0.5) is 0 Å². The van der Waals surface area contributed by atoms with Gasteiger partial charge in [-0.3, -0.25) is 4.79 Å². The molecule has 1 aliphatic carbocycles. The Labute approximate surface area is 217 Å². The molecule has 0 fully saturated rings. The minimum absolute atomic E-state index is 0.00535. The highest BCUT2D eigenvalue weighted by atomic mass is 32.1. The first-order chi connectivity index (χ1) is 17.0. The van der Waals surface area contributed by atoms with Gasteiger partial charge in [0.2, 0.25) is 0 Å². The fourth-order valence-corrected chi connectivity index (χ4v) is 6.74. The molecule has 1 aliphatic rings. The fourth-order valence-electron chi connectivity index (χ4n) is 5.42. The number of carbonyl (C=O) groups excluding carboxylic acids is 1. The lowest BCUT2D eigenvalue weighted by Gasteiger charge is -2.29. The Morgan fingerprint density at radius 2 is 1.86 bits per heavy atom. The minimum atomic E-state index is -0.687. The molecule has 5 nitrogen and oxygen atoms in total. The first-order valence-corrected chi connectivity index (χ1v) is 13.6. The van der Waals surface area contributed by atoms with Gasteiger partial charge in [-0.2, -0.15) is 5.10 Å². The predicted molar refractivity (Wildman–Crippen MR) is 147 cm³/mol. The van der Waals surface area contributed by atoms with Gasteiger partial charge in [0.1, 0.15) is 10.9 Å². The number of rotatable bonds is 5. The maximum atomic E-state index is 13.1. The van der Waals surface area contributed by atoms with Crippen LogP contribution in [0.3, 0.4) is 0 Å². The monoisotopic (exact) mass is 501 g/mol. The van der Waals surface area contributed by atoms with E-state index < -0.39 is 11.7 Å². The van der Waals surface area contributed by atoms with Crippen molar-refractivity contribution in [2.24, 2.45) is 0 Å². The van der Waals surface area contributed by atoms with Crippen molar-refractivity contribution in [3.05, 3.63) is 63.4 Å². The Hall–Kier alpha value is -2.83. The number of ketones is 1. The largest absolute Gasteiger partial charge is 0.360 e. The van der Waals surface area contributed by atoms with Gasteiger partial charge in [-0.05, 0) is 103 Å². The number of fused-ring (bicyclic) bond motifs is 3. The van der Waals surface area contributed by atoms with Gasteiger partial charge in [-0.15, -0.1) is 11.3 Å². The highest BCUT2D eigenvalue weighted by Gasteiger charge is 2.32. The third-order valence-corrected chi connectivity index (χ3v) is 8.01. The molecular formula is C30H35N3O2S. The zero-order chi connectivity index (χ0) is 25.8. The molecule has 0 saturated carbocycles. The molecule has 0 aliphatic heterocycles. The molecule has 0 amide bonds. The molecule has 188 valence electrons. The van der Waals surface area contributed by atoms with Crippen LogP contribution in [0.5, 0.6) is 0 Å². The molecule has 5 rings (SSSR count). The second kappa shape index (κ2) is 9.24. The number of Topliss-reactive ketones (excluding diaryl/α,β-unsaturated/α-hetero) is 1. The van der Waals surface area contributed by atoms with E-state index in [2.05, 4.69) is 37.3 Å². The summed E-state index contributed by atoms with van der Waals surface area (Å²) in [4.78, 5) is 20.7. The van der Waals surface area contributed by atoms with Crippen molar-refractivity contribution in [1.29, 1.82) is 0 Å². The SMILES string of the molecule is CC(=O)C(OC(C)(C)C)c1c(C)nc2sc3c(c2c1-c1cccc(-n2nc(C)cc2C)c1)CCCC3. The van der Waals surface area contributed by atoms with Gasteiger partial charge in [0, 0.05) is 32.8 Å². The molecule has 3 aromatic heterocycles. The number of aryl methyl sites for hydroxylation is 5. The Morgan fingerprint density at radius 1 is 1.11 bits per heavy atom. The maximum absolute atomic E-state index is 13.1. The van der Waals surface area contributed by atoms with Crippen LogP contribution < -0.4 is 0 Å². The number of aromatic nitrogens is 3. The van der Waals surface area contributed by atoms with Crippen molar-refractivity contribution >= 4 is 27.3 Å². The van der Waals surface area contributed by atoms with Crippen molar-refractivity contribution in [1.82, 2.24) is 14.8 Å². The quantitative estimate of drug-likeness (QED) is 0.286. The number of pyridine rings is 1. The fraction of sp³-hybridized carbons (Fsp3) is 0.433. The number of benzene rings is 1. The molecule has 36 heavy (non-hydrogen) atoms. The lowest BCUT2D eigenvalue weighted by Crippen LogP contribution is -2.27. The summed E-state index contributed by atoms with van der Waals surface area (Å²) in [6.45, 7) is 13.7. The Morgan fingerprint density at radius 3 is 2.53 bits per heavy atom. The number of nitrogens with zero attached hydrogens (tertiary/aromatic N) is 3. The maximum Gasteiger partial charge on any atom is 0.163 e. The number of thiophene rings is 1. The molecule has 3 heterocycles. The predicted octanol–water partition coefficient (Wildman–Crippen LogP) is 7.40. The van der Waals surface area contributed by atoms with Gasteiger partial charge in [0.25, 0.3) is 0 Å². The van der Waals surface area contributed by atoms with E-state index in [1.165, 1.54) is 28.7 Å². The number of hydrogen-bond donors (Lipinski definition) is 0. The van der Waals surface area contributed by atoms with Crippen molar-refractivity contribution in [3.63, 3.8) is 0 Å². The van der Waals surface area contributed by atoms with Crippen molar-refractivity contribution in [3.8, 4) is 16.8 Å². The average Bonchev–Trinajstić information content (AvgIpc) is 3.34. The molecule has 1 unspecified atom stereocenters. The van der Waals surface area contributed by atoms with Gasteiger partial charge >= 0.3 is 0 Å². The summed E-state index contributed by atoms with van der Waals surface area (Å²) in [5.41, 5.74) is 7.92. The summed E-state index contributed by atoms with van der Waals surface area (Å²) in [7, 11) is 0. The molecule has 0 bridgehead atoms. The van der Waals surface area contributed by atoms with Gasteiger partial charge < -0.3 is 4.74 Å². The molecule has 0 saturated heterocycles. The summed E-state index contributed by atoms with van der Waals surface area (Å²) in [6.07, 6.45) is 3.87. The Bertz CT molecular complexity index is 1470. The molecular weight excluding hydrogens is 466 g/mol. The number of carbonyl (C=O) groups is 1. The highest BCUT2D eigenvalue weighted by molar-refractivity contribution is 7.19. The first-order valence-electron chi connectivity index (χ1n) is 12.8. The second-order valence-electron chi connectivity index (χ2n) is 11.0. The summed E-state index contributed by atoms with van der Waals surface area (Å²) in [5.74, 6) is -0.00535. The molecule has 1 aromatic carbocycles. The molecule has 1 atom stereocenters. The van der Waals surface area contributed by atoms with Crippen LogP contribution in [0.2, 0.25) is 0 Å². The van der Waals surface area contributed by atoms with Crippen molar-refractivity contribution in [2.45, 2.75) is 85.9 Å². The zero-order valence-corrected chi connectivity index (χ0v) is 23.2. The van der Waals surface area contributed by atoms with Gasteiger partial charge in [-0.25, -0.2) is 9.67 Å². The zero-order valence-electron chi connectivity index (χ0n) is 22.4. The third-order valence-electron chi connectivity index (χ3n) is 6.82. The van der Waals surface area contributed by atoms with Crippen LogP contribution >= 0.6 is 11.3 Å². The summed E-state index contributed by atoms with van der Waals surface area (Å²) >= 11 is 1.82. The third kappa shape index (κ3) is 4.53. The standard InChI is InChI=1S/C30H35N3O2S/c1-17-15-18(2)33(32-17)22-12-10-11-21(16-22)26-25(28(20(4)34)35-30(5,6)7)19(3)31-29-27(26)23-13-8-9-14-24(23)36-29/h10-12,15-16,28H,8-9,13-14H2,1-7H3. The summed E-state index contributed by atoms with van der Waals surface area (Å²) in [6, 6.07) is 10.6. The highest BCUT2D eigenvalue weighted by Crippen LogP contribution is 2.46. The van der Waals surface area contributed by atoms with Crippen LogP contribution in [0, 0.1) is 20.8 Å². The Balaban J connectivity index is 1.84. The summed E-state index contributed by atoms with van der Waals surface area (Å²) < 4.78 is 8.42. The Kier molecular flexibility index (Phi) is 6.38. The van der Waals surface area contributed by atoms with Gasteiger partial charge in [0.15, 0.2) is 5.78 Å². The molecule has 4 aromatic rings. The van der Waals surface area contributed by atoms with Gasteiger partial charge in [0.05, 0.1) is 17.0 Å². The van der Waals surface area contributed by atoms with Gasteiger partial charge in [-0.1, -0.05) is 12.1 Å². The van der Waals surface area contributed by atoms with Crippen LogP contribution in [-0.2, 0) is 22.4 Å². The van der Waals surface area contributed by atoms with Crippen molar-refractivity contribution in [2.75, 3.05) is 0 Å².